The highest BCUT2D eigenvalue weighted by Gasteiger charge is 2.59. The van der Waals surface area contributed by atoms with Crippen molar-refractivity contribution in [2.45, 2.75) is 52.8 Å². The molecule has 0 radical (unpaired) electrons. The standard InChI is InChI=1S/C19H29N3O/c1-5-20-18(21-12-14-8-6-7-13(2)11-14)22-16-15-9-10-23-17(15)19(16,3)4/h6-8,11,15-17H,5,9-10,12H2,1-4H3,(H2,20,21,22). The Kier molecular flexibility index (Phi) is 4.62. The van der Waals surface area contributed by atoms with Gasteiger partial charge in [-0.2, -0.15) is 0 Å². The molecule has 2 aliphatic rings. The molecule has 23 heavy (non-hydrogen) atoms. The molecule has 1 saturated carbocycles. The van der Waals surface area contributed by atoms with E-state index in [1.807, 2.05) is 0 Å². The van der Waals surface area contributed by atoms with E-state index in [9.17, 15) is 0 Å². The molecule has 3 unspecified atom stereocenters. The summed E-state index contributed by atoms with van der Waals surface area (Å²) in [6.45, 7) is 11.3. The van der Waals surface area contributed by atoms with E-state index >= 15 is 0 Å². The van der Waals surface area contributed by atoms with Crippen LogP contribution in [0.4, 0.5) is 0 Å². The number of nitrogens with zero attached hydrogens (tertiary/aromatic N) is 1. The number of nitrogens with one attached hydrogen (secondary N) is 2. The molecule has 1 heterocycles. The summed E-state index contributed by atoms with van der Waals surface area (Å²) in [7, 11) is 0. The smallest absolute Gasteiger partial charge is 0.191 e. The van der Waals surface area contributed by atoms with Crippen LogP contribution in [0.5, 0.6) is 0 Å². The summed E-state index contributed by atoms with van der Waals surface area (Å²) in [5.74, 6) is 1.53. The van der Waals surface area contributed by atoms with Crippen LogP contribution in [-0.4, -0.2) is 31.3 Å². The van der Waals surface area contributed by atoms with E-state index in [-0.39, 0.29) is 5.41 Å². The van der Waals surface area contributed by atoms with Crippen LogP contribution in [0.3, 0.4) is 0 Å². The van der Waals surface area contributed by atoms with E-state index in [1.165, 1.54) is 11.1 Å². The van der Waals surface area contributed by atoms with Crippen LogP contribution < -0.4 is 10.6 Å². The Morgan fingerprint density at radius 2 is 2.22 bits per heavy atom. The molecule has 0 spiro atoms. The topological polar surface area (TPSA) is 45.7 Å². The lowest BCUT2D eigenvalue weighted by Crippen LogP contribution is -2.67. The van der Waals surface area contributed by atoms with Gasteiger partial charge in [-0.15, -0.1) is 0 Å². The maximum Gasteiger partial charge on any atom is 0.191 e. The summed E-state index contributed by atoms with van der Waals surface area (Å²) in [6.07, 6.45) is 1.56. The first kappa shape index (κ1) is 16.3. The molecule has 4 nitrogen and oxygen atoms in total. The number of ether oxygens (including phenoxy) is 1. The number of rotatable bonds is 4. The lowest BCUT2D eigenvalue weighted by Gasteiger charge is -2.54. The highest BCUT2D eigenvalue weighted by molar-refractivity contribution is 5.80. The Morgan fingerprint density at radius 1 is 1.39 bits per heavy atom. The lowest BCUT2D eigenvalue weighted by molar-refractivity contribution is -0.106. The number of aryl methyl sites for hydroxylation is 1. The fourth-order valence-electron chi connectivity index (χ4n) is 4.07. The summed E-state index contributed by atoms with van der Waals surface area (Å²) in [5, 5.41) is 7.04. The molecule has 0 amide bonds. The first-order valence-electron chi connectivity index (χ1n) is 8.74. The molecule has 1 aromatic rings. The highest BCUT2D eigenvalue weighted by atomic mass is 16.5. The maximum atomic E-state index is 5.88. The van der Waals surface area contributed by atoms with Crippen molar-refractivity contribution in [2.24, 2.45) is 16.3 Å². The minimum atomic E-state index is 0.167. The summed E-state index contributed by atoms with van der Waals surface area (Å²) in [6, 6.07) is 8.98. The first-order valence-corrected chi connectivity index (χ1v) is 8.74. The molecule has 1 aromatic carbocycles. The van der Waals surface area contributed by atoms with Crippen molar-refractivity contribution in [3.8, 4) is 0 Å². The van der Waals surface area contributed by atoms with Crippen LogP contribution >= 0.6 is 0 Å². The van der Waals surface area contributed by atoms with Crippen molar-refractivity contribution in [3.05, 3.63) is 35.4 Å². The summed E-state index contributed by atoms with van der Waals surface area (Å²) >= 11 is 0. The molecule has 1 aliphatic carbocycles. The van der Waals surface area contributed by atoms with Crippen molar-refractivity contribution in [2.75, 3.05) is 13.2 Å². The van der Waals surface area contributed by atoms with E-state index in [0.717, 1.165) is 25.5 Å². The Hall–Kier alpha value is -1.55. The molecule has 2 fully saturated rings. The molecule has 1 aliphatic heterocycles. The average molecular weight is 315 g/mol. The van der Waals surface area contributed by atoms with Crippen LogP contribution in [0.2, 0.25) is 0 Å². The summed E-state index contributed by atoms with van der Waals surface area (Å²) in [5.41, 5.74) is 2.69. The molecule has 126 valence electrons. The number of hydrogen-bond acceptors (Lipinski definition) is 2. The summed E-state index contributed by atoms with van der Waals surface area (Å²) < 4.78 is 5.88. The van der Waals surface area contributed by atoms with Crippen molar-refractivity contribution in [1.29, 1.82) is 0 Å². The third-order valence-corrected chi connectivity index (χ3v) is 5.24. The molecule has 1 saturated heterocycles. The molecule has 4 heteroatoms. The number of guanidine groups is 1. The van der Waals surface area contributed by atoms with Gasteiger partial charge in [-0.3, -0.25) is 0 Å². The normalized spacial score (nSPS) is 28.9. The zero-order valence-electron chi connectivity index (χ0n) is 14.7. The third-order valence-electron chi connectivity index (χ3n) is 5.24. The quantitative estimate of drug-likeness (QED) is 0.663. The number of hydrogen-bond donors (Lipinski definition) is 2. The Bertz CT molecular complexity index is 582. The second-order valence-electron chi connectivity index (χ2n) is 7.37. The van der Waals surface area contributed by atoms with Gasteiger partial charge in [0.05, 0.1) is 12.6 Å². The Balaban J connectivity index is 1.68. The van der Waals surface area contributed by atoms with Crippen molar-refractivity contribution < 1.29 is 4.74 Å². The number of fused-ring (bicyclic) bond motifs is 1. The second-order valence-corrected chi connectivity index (χ2v) is 7.37. The van der Waals surface area contributed by atoms with E-state index < -0.39 is 0 Å². The zero-order chi connectivity index (χ0) is 16.4. The van der Waals surface area contributed by atoms with Gasteiger partial charge in [0.25, 0.3) is 0 Å². The predicted molar refractivity (Wildman–Crippen MR) is 94.5 cm³/mol. The van der Waals surface area contributed by atoms with Crippen LogP contribution in [0.25, 0.3) is 0 Å². The second kappa shape index (κ2) is 6.52. The maximum absolute atomic E-state index is 5.88. The average Bonchev–Trinajstić information content (AvgIpc) is 2.97. The minimum Gasteiger partial charge on any atom is -0.377 e. The zero-order valence-corrected chi connectivity index (χ0v) is 14.7. The Labute approximate surface area is 139 Å². The highest BCUT2D eigenvalue weighted by Crippen LogP contribution is 2.52. The molecule has 0 aromatic heterocycles. The van der Waals surface area contributed by atoms with Crippen molar-refractivity contribution in [1.82, 2.24) is 10.6 Å². The monoisotopic (exact) mass is 315 g/mol. The van der Waals surface area contributed by atoms with E-state index in [4.69, 9.17) is 9.73 Å². The number of aliphatic imine (C=N–C) groups is 1. The molecular weight excluding hydrogens is 286 g/mol. The fourth-order valence-corrected chi connectivity index (χ4v) is 4.07. The predicted octanol–water partition coefficient (Wildman–Crippen LogP) is 2.86. The largest absolute Gasteiger partial charge is 0.377 e. The molecule has 3 atom stereocenters. The molecule has 3 rings (SSSR count). The van der Waals surface area contributed by atoms with Gasteiger partial charge in [0.2, 0.25) is 0 Å². The fraction of sp³-hybridized carbons (Fsp3) is 0.632. The molecular formula is C19H29N3O. The van der Waals surface area contributed by atoms with E-state index in [2.05, 4.69) is 62.6 Å². The number of benzene rings is 1. The first-order chi connectivity index (χ1) is 11.0. The van der Waals surface area contributed by atoms with Crippen LogP contribution in [-0.2, 0) is 11.3 Å². The van der Waals surface area contributed by atoms with Crippen LogP contribution in [0.1, 0.15) is 38.3 Å². The van der Waals surface area contributed by atoms with Gasteiger partial charge >= 0.3 is 0 Å². The third kappa shape index (κ3) is 3.23. The van der Waals surface area contributed by atoms with E-state index in [1.54, 1.807) is 0 Å². The van der Waals surface area contributed by atoms with Gasteiger partial charge in [-0.25, -0.2) is 4.99 Å². The van der Waals surface area contributed by atoms with E-state index in [0.29, 0.717) is 24.6 Å². The van der Waals surface area contributed by atoms with Crippen LogP contribution in [0, 0.1) is 18.3 Å². The SMILES string of the molecule is CCNC(=NCc1cccc(C)c1)NC1C2CCOC2C1(C)C. The van der Waals surface area contributed by atoms with Gasteiger partial charge in [0.1, 0.15) is 0 Å². The molecule has 2 N–H and O–H groups in total. The summed E-state index contributed by atoms with van der Waals surface area (Å²) in [4.78, 5) is 4.78. The van der Waals surface area contributed by atoms with Gasteiger partial charge < -0.3 is 15.4 Å². The lowest BCUT2D eigenvalue weighted by atomic mass is 9.57. The Morgan fingerprint density at radius 3 is 2.96 bits per heavy atom. The van der Waals surface area contributed by atoms with Gasteiger partial charge in [-0.05, 0) is 25.8 Å². The van der Waals surface area contributed by atoms with Crippen molar-refractivity contribution >= 4 is 5.96 Å². The van der Waals surface area contributed by atoms with Gasteiger partial charge in [0.15, 0.2) is 5.96 Å². The van der Waals surface area contributed by atoms with Crippen molar-refractivity contribution in [3.63, 3.8) is 0 Å². The minimum absolute atomic E-state index is 0.167. The van der Waals surface area contributed by atoms with Gasteiger partial charge in [-0.1, -0.05) is 43.7 Å². The van der Waals surface area contributed by atoms with Gasteiger partial charge in [0, 0.05) is 30.5 Å². The van der Waals surface area contributed by atoms with Crippen LogP contribution in [0.15, 0.2) is 29.3 Å². The molecule has 0 bridgehead atoms.